The molecule has 2 atom stereocenters. The normalized spacial score (nSPS) is 21.2. The smallest absolute Gasteiger partial charge is 0.140 e. The third-order valence-electron chi connectivity index (χ3n) is 7.83. The van der Waals surface area contributed by atoms with Gasteiger partial charge in [0.2, 0.25) is 0 Å². The third kappa shape index (κ3) is 3.89. The van der Waals surface area contributed by atoms with Crippen LogP contribution in [-0.2, 0) is 17.8 Å². The Labute approximate surface area is 219 Å². The summed E-state index contributed by atoms with van der Waals surface area (Å²) in [7, 11) is 2.16. The molecule has 4 aromatic rings. The summed E-state index contributed by atoms with van der Waals surface area (Å²) >= 11 is 5.71. The van der Waals surface area contributed by atoms with E-state index in [0.29, 0.717) is 29.0 Å². The highest BCUT2D eigenvalue weighted by Gasteiger charge is 2.33. The number of thiocarbonyl (C=S) groups is 1. The highest BCUT2D eigenvalue weighted by Crippen LogP contribution is 2.39. The Hall–Kier alpha value is -3.40. The fourth-order valence-corrected chi connectivity index (χ4v) is 6.44. The van der Waals surface area contributed by atoms with Crippen LogP contribution in [0.3, 0.4) is 0 Å². The first-order chi connectivity index (χ1) is 18.0. The number of rotatable bonds is 3. The van der Waals surface area contributed by atoms with Gasteiger partial charge in [0.05, 0.1) is 29.9 Å². The quantitative estimate of drug-likeness (QED) is 0.387. The summed E-state index contributed by atoms with van der Waals surface area (Å²) in [5.74, 6) is 1.52. The number of nitrogens with one attached hydrogen (secondary N) is 2. The van der Waals surface area contributed by atoms with Crippen LogP contribution < -0.4 is 10.6 Å². The van der Waals surface area contributed by atoms with Gasteiger partial charge in [-0.25, -0.2) is 14.4 Å². The van der Waals surface area contributed by atoms with E-state index < -0.39 is 0 Å². The maximum Gasteiger partial charge on any atom is 0.140 e. The molecule has 3 aliphatic heterocycles. The molecule has 7 nitrogen and oxygen atoms in total. The Morgan fingerprint density at radius 3 is 3.05 bits per heavy atom. The van der Waals surface area contributed by atoms with Gasteiger partial charge in [-0.2, -0.15) is 0 Å². The van der Waals surface area contributed by atoms with Crippen molar-refractivity contribution < 1.29 is 9.13 Å². The molecule has 2 N–H and O–H groups in total. The molecule has 0 radical (unpaired) electrons. The highest BCUT2D eigenvalue weighted by molar-refractivity contribution is 7.80. The van der Waals surface area contributed by atoms with Gasteiger partial charge in [-0.1, -0.05) is 24.4 Å². The zero-order valence-electron chi connectivity index (χ0n) is 20.5. The lowest BCUT2D eigenvalue weighted by Gasteiger charge is -2.31. The van der Waals surface area contributed by atoms with Gasteiger partial charge >= 0.3 is 0 Å². The molecule has 0 saturated carbocycles. The van der Waals surface area contributed by atoms with Crippen LogP contribution in [0.15, 0.2) is 48.8 Å². The molecule has 3 aromatic heterocycles. The summed E-state index contributed by atoms with van der Waals surface area (Å²) in [5.41, 5.74) is 7.98. The van der Waals surface area contributed by atoms with Crippen LogP contribution in [0.4, 0.5) is 15.9 Å². The van der Waals surface area contributed by atoms with Gasteiger partial charge in [0.25, 0.3) is 0 Å². The zero-order chi connectivity index (χ0) is 25.1. The number of halogens is 1. The van der Waals surface area contributed by atoms with Crippen molar-refractivity contribution in [1.82, 2.24) is 24.6 Å². The van der Waals surface area contributed by atoms with E-state index in [-0.39, 0.29) is 5.82 Å². The van der Waals surface area contributed by atoms with Gasteiger partial charge < -0.3 is 20.3 Å². The molecule has 9 heteroatoms. The van der Waals surface area contributed by atoms with Crippen molar-refractivity contribution in [1.29, 1.82) is 0 Å². The molecule has 6 heterocycles. The van der Waals surface area contributed by atoms with Crippen LogP contribution >= 0.6 is 12.2 Å². The Kier molecular flexibility index (Phi) is 5.46. The molecule has 3 aliphatic rings. The summed E-state index contributed by atoms with van der Waals surface area (Å²) in [4.78, 5) is 12.5. The first-order valence-corrected chi connectivity index (χ1v) is 13.1. The monoisotopic (exact) mass is 514 g/mol. The van der Waals surface area contributed by atoms with Crippen molar-refractivity contribution >= 4 is 34.4 Å². The second-order valence-corrected chi connectivity index (χ2v) is 10.6. The molecular formula is C28H27FN6OS. The molecule has 0 spiro atoms. The van der Waals surface area contributed by atoms with Crippen LogP contribution in [0.25, 0.3) is 16.9 Å². The minimum Gasteiger partial charge on any atom is -0.381 e. The van der Waals surface area contributed by atoms with Crippen molar-refractivity contribution in [2.75, 3.05) is 32.1 Å². The van der Waals surface area contributed by atoms with Crippen LogP contribution in [0, 0.1) is 11.7 Å². The van der Waals surface area contributed by atoms with Gasteiger partial charge in [0.1, 0.15) is 22.3 Å². The lowest BCUT2D eigenvalue weighted by Crippen LogP contribution is -2.32. The molecule has 0 aliphatic carbocycles. The van der Waals surface area contributed by atoms with Crippen molar-refractivity contribution in [3.05, 3.63) is 77.0 Å². The number of aromatic nitrogens is 3. The molecule has 0 bridgehead atoms. The number of benzene rings is 1. The van der Waals surface area contributed by atoms with Crippen LogP contribution in [0.5, 0.6) is 0 Å². The van der Waals surface area contributed by atoms with E-state index in [1.54, 1.807) is 12.4 Å². The first-order valence-electron chi connectivity index (χ1n) is 12.7. The summed E-state index contributed by atoms with van der Waals surface area (Å²) < 4.78 is 21.4. The van der Waals surface area contributed by atoms with Gasteiger partial charge in [-0.3, -0.25) is 4.40 Å². The maximum atomic E-state index is 13.7. The van der Waals surface area contributed by atoms with Gasteiger partial charge in [0, 0.05) is 55.5 Å². The molecule has 37 heavy (non-hydrogen) atoms. The average Bonchev–Trinajstić information content (AvgIpc) is 3.45. The number of hydrogen-bond acceptors (Lipinski definition) is 6. The summed E-state index contributed by atoms with van der Waals surface area (Å²) in [6, 6.07) is 11.3. The Balaban J connectivity index is 1.26. The van der Waals surface area contributed by atoms with Crippen LogP contribution in [0.2, 0.25) is 0 Å². The molecule has 1 aromatic carbocycles. The van der Waals surface area contributed by atoms with Gasteiger partial charge in [0.15, 0.2) is 0 Å². The standard InChI is InChI=1S/C28H27FN6OS/c1-34-13-16-15-36-9-7-18(16)19-3-5-25(33-23(19)14-34)32-22-4-2-20(21-11-31-28(37)27(21)22)24-12-30-26-10-17(29)6-8-35(24)26/h2-6,8,10,12,16,18H,7,9,11,13-15H2,1H3,(H,31,37)(H,32,33)/t16-,18-/m0/s1. The van der Waals surface area contributed by atoms with Crippen LogP contribution in [-0.4, -0.2) is 51.1 Å². The van der Waals surface area contributed by atoms with Gasteiger partial charge in [-0.05, 0) is 48.7 Å². The van der Waals surface area contributed by atoms with E-state index >= 15 is 0 Å². The van der Waals surface area contributed by atoms with E-state index in [2.05, 4.69) is 45.8 Å². The predicted molar refractivity (Wildman–Crippen MR) is 145 cm³/mol. The number of nitrogens with zero attached hydrogens (tertiary/aromatic N) is 4. The van der Waals surface area contributed by atoms with Crippen molar-refractivity contribution in [2.45, 2.75) is 25.4 Å². The molecular weight excluding hydrogens is 487 g/mol. The molecule has 7 rings (SSSR count). The van der Waals surface area contributed by atoms with Crippen molar-refractivity contribution in [2.24, 2.45) is 5.92 Å². The number of ether oxygens (including phenoxy) is 1. The van der Waals surface area contributed by atoms with Crippen molar-refractivity contribution in [3.8, 4) is 11.3 Å². The minimum absolute atomic E-state index is 0.302. The second-order valence-electron chi connectivity index (χ2n) is 10.2. The number of imidazole rings is 1. The predicted octanol–water partition coefficient (Wildman–Crippen LogP) is 4.62. The number of anilines is 2. The summed E-state index contributed by atoms with van der Waals surface area (Å²) in [6.45, 7) is 4.10. The van der Waals surface area contributed by atoms with Gasteiger partial charge in [-0.15, -0.1) is 0 Å². The van der Waals surface area contributed by atoms with Crippen LogP contribution in [0.1, 0.15) is 34.7 Å². The van der Waals surface area contributed by atoms with E-state index in [1.807, 2.05) is 10.5 Å². The molecule has 1 fully saturated rings. The summed E-state index contributed by atoms with van der Waals surface area (Å²) in [5, 5.41) is 6.88. The molecule has 1 saturated heterocycles. The largest absolute Gasteiger partial charge is 0.381 e. The lowest BCUT2D eigenvalue weighted by atomic mass is 9.83. The molecule has 0 unspecified atom stereocenters. The Morgan fingerprint density at radius 2 is 2.14 bits per heavy atom. The molecule has 0 amide bonds. The van der Waals surface area contributed by atoms with E-state index in [0.717, 1.165) is 72.3 Å². The first kappa shape index (κ1) is 22.8. The fraction of sp³-hybridized carbons (Fsp3) is 0.321. The minimum atomic E-state index is -0.302. The third-order valence-corrected chi connectivity index (χ3v) is 8.18. The molecule has 188 valence electrons. The topological polar surface area (TPSA) is 66.7 Å². The van der Waals surface area contributed by atoms with E-state index in [1.165, 1.54) is 17.7 Å². The number of fused-ring (bicyclic) bond motifs is 5. The van der Waals surface area contributed by atoms with E-state index in [9.17, 15) is 4.39 Å². The number of pyridine rings is 2. The maximum absolute atomic E-state index is 13.7. The fourth-order valence-electron chi connectivity index (χ4n) is 6.14. The zero-order valence-corrected chi connectivity index (χ0v) is 21.3. The average molecular weight is 515 g/mol. The second kappa shape index (κ2) is 8.86. The Morgan fingerprint density at radius 1 is 1.22 bits per heavy atom. The van der Waals surface area contributed by atoms with Crippen molar-refractivity contribution in [3.63, 3.8) is 0 Å². The SMILES string of the molecule is CN1Cc2nc(Nc3ccc(-c4cnc5cc(F)ccn45)c4c3C(=S)NC4)ccc2[C@H]2CCOC[C@@H]2C1. The Bertz CT molecular complexity index is 1550. The lowest BCUT2D eigenvalue weighted by molar-refractivity contribution is 0.0304. The summed E-state index contributed by atoms with van der Waals surface area (Å²) in [6.07, 6.45) is 4.55. The number of hydrogen-bond donors (Lipinski definition) is 2. The highest BCUT2D eigenvalue weighted by atomic mass is 32.1. The van der Waals surface area contributed by atoms with E-state index in [4.69, 9.17) is 21.9 Å².